The second-order valence-corrected chi connectivity index (χ2v) is 4.50. The second-order valence-electron chi connectivity index (χ2n) is 4.50. The minimum atomic E-state index is -1.24. The van der Waals surface area contributed by atoms with Crippen LogP contribution in [0.5, 0.6) is 11.5 Å². The van der Waals surface area contributed by atoms with Crippen LogP contribution in [0.3, 0.4) is 0 Å². The molecule has 2 rings (SSSR count). The van der Waals surface area contributed by atoms with E-state index in [1.54, 1.807) is 0 Å². The number of carbonyl (C=O) groups is 1. The maximum Gasteiger partial charge on any atom is 0.405 e. The fourth-order valence-corrected chi connectivity index (χ4v) is 1.73. The van der Waals surface area contributed by atoms with Crippen molar-refractivity contribution in [3.05, 3.63) is 52.0 Å². The molecule has 1 amide bonds. The lowest BCUT2D eigenvalue weighted by molar-refractivity contribution is -0.385. The number of hydrogen-bond acceptors (Lipinski definition) is 6. The number of nitro benzene ring substituents is 1. The predicted molar refractivity (Wildman–Crippen MR) is 84.7 cm³/mol. The van der Waals surface area contributed by atoms with E-state index >= 15 is 0 Å². The van der Waals surface area contributed by atoms with Crippen molar-refractivity contribution in [3.8, 4) is 23.3 Å². The van der Waals surface area contributed by atoms with E-state index in [0.717, 1.165) is 18.2 Å². The van der Waals surface area contributed by atoms with E-state index < -0.39 is 22.5 Å². The predicted octanol–water partition coefficient (Wildman–Crippen LogP) is 2.12. The number of nitrogens with one attached hydrogen (secondary N) is 1. The van der Waals surface area contributed by atoms with Gasteiger partial charge in [-0.25, -0.2) is 14.2 Å². The number of aromatic nitrogens is 1. The minimum absolute atomic E-state index is 0.00245. The summed E-state index contributed by atoms with van der Waals surface area (Å²) in [6, 6.07) is 4.30. The van der Waals surface area contributed by atoms with E-state index in [9.17, 15) is 19.3 Å². The molecule has 0 spiro atoms. The summed E-state index contributed by atoms with van der Waals surface area (Å²) in [7, 11) is 0. The Morgan fingerprint density at radius 1 is 1.44 bits per heavy atom. The molecule has 2 aromatic rings. The lowest BCUT2D eigenvalue weighted by Gasteiger charge is -2.09. The molecule has 128 valence electrons. The van der Waals surface area contributed by atoms with Crippen LogP contribution < -0.4 is 15.8 Å². The van der Waals surface area contributed by atoms with Crippen molar-refractivity contribution in [2.75, 3.05) is 12.3 Å². The van der Waals surface area contributed by atoms with E-state index in [4.69, 9.17) is 15.6 Å². The quantitative estimate of drug-likeness (QED) is 0.437. The van der Waals surface area contributed by atoms with Gasteiger partial charge < -0.3 is 20.9 Å². The second kappa shape index (κ2) is 7.60. The molecule has 0 saturated carbocycles. The van der Waals surface area contributed by atoms with Crippen molar-refractivity contribution in [1.82, 2.24) is 10.3 Å². The highest BCUT2D eigenvalue weighted by Gasteiger charge is 2.14. The van der Waals surface area contributed by atoms with Gasteiger partial charge in [-0.05, 0) is 6.07 Å². The third-order valence-corrected chi connectivity index (χ3v) is 2.83. The van der Waals surface area contributed by atoms with E-state index in [0.29, 0.717) is 0 Å². The molecule has 1 aromatic heterocycles. The summed E-state index contributed by atoms with van der Waals surface area (Å²) in [5.74, 6) is 3.98. The number of hydrogen-bond donors (Lipinski definition) is 3. The Labute approximate surface area is 140 Å². The van der Waals surface area contributed by atoms with Crippen LogP contribution >= 0.6 is 0 Å². The maximum atomic E-state index is 13.9. The van der Waals surface area contributed by atoms with Gasteiger partial charge in [0.2, 0.25) is 0 Å². The molecule has 0 bridgehead atoms. The summed E-state index contributed by atoms with van der Waals surface area (Å²) in [6.07, 6.45) is 0.0761. The van der Waals surface area contributed by atoms with Gasteiger partial charge in [0.25, 0.3) is 5.69 Å². The monoisotopic (exact) mass is 346 g/mol. The number of rotatable bonds is 4. The summed E-state index contributed by atoms with van der Waals surface area (Å²) >= 11 is 0. The van der Waals surface area contributed by atoms with Crippen molar-refractivity contribution in [1.29, 1.82) is 0 Å². The summed E-state index contributed by atoms with van der Waals surface area (Å²) in [5.41, 5.74) is 5.42. The normalized spacial score (nSPS) is 9.64. The zero-order chi connectivity index (χ0) is 18.4. The van der Waals surface area contributed by atoms with Gasteiger partial charge in [-0.2, -0.15) is 0 Å². The van der Waals surface area contributed by atoms with Crippen LogP contribution in [-0.2, 0) is 0 Å². The lowest BCUT2D eigenvalue weighted by Crippen LogP contribution is -2.20. The molecule has 0 atom stereocenters. The van der Waals surface area contributed by atoms with Crippen LogP contribution in [0.4, 0.5) is 20.7 Å². The van der Waals surface area contributed by atoms with Crippen LogP contribution in [0.25, 0.3) is 0 Å². The first-order valence-corrected chi connectivity index (χ1v) is 6.70. The van der Waals surface area contributed by atoms with Gasteiger partial charge in [-0.15, -0.1) is 0 Å². The number of nitrogens with two attached hydrogens (primary N) is 1. The van der Waals surface area contributed by atoms with Crippen molar-refractivity contribution in [2.24, 2.45) is 0 Å². The van der Waals surface area contributed by atoms with Gasteiger partial charge >= 0.3 is 6.09 Å². The van der Waals surface area contributed by atoms with Crippen LogP contribution in [-0.4, -0.2) is 27.7 Å². The molecule has 0 saturated heterocycles. The Balaban J connectivity index is 2.29. The molecule has 1 aromatic carbocycles. The number of amides is 1. The zero-order valence-electron chi connectivity index (χ0n) is 12.5. The van der Waals surface area contributed by atoms with Gasteiger partial charge in [0.15, 0.2) is 11.6 Å². The Kier molecular flexibility index (Phi) is 5.32. The number of ether oxygens (including phenoxy) is 1. The number of nitro groups is 1. The molecule has 0 radical (unpaired) electrons. The standard InChI is InChI=1S/C15H11FN4O5/c16-11-8-9(20(23)24)3-4-13(11)25-12-5-7-18-14(17)10(12)2-1-6-19-15(21)22/h3-5,7-8,19H,6H2,(H2,17,18)(H,21,22). The summed E-state index contributed by atoms with van der Waals surface area (Å²) < 4.78 is 19.3. The highest BCUT2D eigenvalue weighted by atomic mass is 19.1. The average Bonchev–Trinajstić information content (AvgIpc) is 2.55. The number of pyridine rings is 1. The number of benzene rings is 1. The molecular weight excluding hydrogens is 335 g/mol. The average molecular weight is 346 g/mol. The summed E-state index contributed by atoms with van der Waals surface area (Å²) in [4.78, 5) is 24.1. The van der Waals surface area contributed by atoms with Gasteiger partial charge in [0.05, 0.1) is 17.5 Å². The van der Waals surface area contributed by atoms with Crippen LogP contribution in [0.2, 0.25) is 0 Å². The largest absolute Gasteiger partial charge is 0.465 e. The molecule has 10 heteroatoms. The van der Waals surface area contributed by atoms with Crippen LogP contribution in [0.15, 0.2) is 30.5 Å². The van der Waals surface area contributed by atoms with Crippen molar-refractivity contribution in [2.45, 2.75) is 0 Å². The molecule has 0 fully saturated rings. The maximum absolute atomic E-state index is 13.9. The molecule has 0 aliphatic carbocycles. The first-order valence-electron chi connectivity index (χ1n) is 6.70. The molecule has 0 aliphatic heterocycles. The van der Waals surface area contributed by atoms with Crippen LogP contribution in [0, 0.1) is 27.8 Å². The highest BCUT2D eigenvalue weighted by molar-refractivity contribution is 5.65. The molecule has 25 heavy (non-hydrogen) atoms. The molecule has 0 aliphatic rings. The van der Waals surface area contributed by atoms with E-state index in [1.165, 1.54) is 12.3 Å². The third-order valence-electron chi connectivity index (χ3n) is 2.83. The van der Waals surface area contributed by atoms with Gasteiger partial charge in [0, 0.05) is 18.3 Å². The molecule has 0 unspecified atom stereocenters. The Morgan fingerprint density at radius 2 is 2.20 bits per heavy atom. The Morgan fingerprint density at radius 3 is 2.84 bits per heavy atom. The van der Waals surface area contributed by atoms with Crippen molar-refractivity contribution >= 4 is 17.6 Å². The number of nitrogens with zero attached hydrogens (tertiary/aromatic N) is 2. The van der Waals surface area contributed by atoms with Crippen molar-refractivity contribution in [3.63, 3.8) is 0 Å². The zero-order valence-corrected chi connectivity index (χ0v) is 12.5. The van der Waals surface area contributed by atoms with E-state index in [1.807, 2.05) is 5.32 Å². The number of nitrogen functional groups attached to an aromatic ring is 1. The Bertz CT molecular complexity index is 891. The third kappa shape index (κ3) is 4.55. The minimum Gasteiger partial charge on any atom is -0.465 e. The summed E-state index contributed by atoms with van der Waals surface area (Å²) in [5, 5.41) is 21.1. The highest BCUT2D eigenvalue weighted by Crippen LogP contribution is 2.30. The first-order chi connectivity index (χ1) is 11.9. The van der Waals surface area contributed by atoms with E-state index in [2.05, 4.69) is 16.8 Å². The first kappa shape index (κ1) is 17.5. The SMILES string of the molecule is Nc1nccc(Oc2ccc([N+](=O)[O-])cc2F)c1C#CCNC(=O)O. The van der Waals surface area contributed by atoms with E-state index in [-0.39, 0.29) is 29.4 Å². The lowest BCUT2D eigenvalue weighted by atomic mass is 10.2. The Hall–Kier alpha value is -3.87. The fourth-order valence-electron chi connectivity index (χ4n) is 1.73. The molecule has 4 N–H and O–H groups in total. The smallest absolute Gasteiger partial charge is 0.405 e. The molecule has 9 nitrogen and oxygen atoms in total. The van der Waals surface area contributed by atoms with Crippen LogP contribution in [0.1, 0.15) is 5.56 Å². The molecular formula is C15H11FN4O5. The van der Waals surface area contributed by atoms with Crippen molar-refractivity contribution < 1.29 is 24.0 Å². The number of carboxylic acid groups (broad SMARTS) is 1. The van der Waals surface area contributed by atoms with Gasteiger partial charge in [0.1, 0.15) is 17.1 Å². The fraction of sp³-hybridized carbons (Fsp3) is 0.0667. The molecule has 1 heterocycles. The van der Waals surface area contributed by atoms with Gasteiger partial charge in [-0.1, -0.05) is 11.8 Å². The van der Waals surface area contributed by atoms with Gasteiger partial charge in [-0.3, -0.25) is 10.1 Å². The summed E-state index contributed by atoms with van der Waals surface area (Å²) in [6.45, 7) is -0.158. The number of anilines is 1. The number of halogens is 1. The topological polar surface area (TPSA) is 141 Å². The number of non-ortho nitro benzene ring substituents is 1.